The van der Waals surface area contributed by atoms with Crippen molar-refractivity contribution in [3.8, 4) is 0 Å². The molecule has 2 aromatic carbocycles. The zero-order chi connectivity index (χ0) is 14.4. The monoisotopic (exact) mass is 270 g/mol. The molecule has 1 N–H and O–H groups in total. The van der Waals surface area contributed by atoms with Gasteiger partial charge in [0, 0.05) is 12.2 Å². The van der Waals surface area contributed by atoms with Crippen molar-refractivity contribution in [2.75, 3.05) is 6.61 Å². The Morgan fingerprint density at radius 1 is 1.05 bits per heavy atom. The molecule has 104 valence electrons. The molecule has 0 saturated heterocycles. The Labute approximate surface area is 118 Å². The second-order valence-electron chi connectivity index (χ2n) is 4.46. The Kier molecular flexibility index (Phi) is 5.04. The van der Waals surface area contributed by atoms with Gasteiger partial charge in [-0.15, -0.1) is 0 Å². The maximum Gasteiger partial charge on any atom is 0.194 e. The number of hydrogen-bond donors (Lipinski definition) is 1. The van der Waals surface area contributed by atoms with Gasteiger partial charge in [-0.05, 0) is 12.5 Å². The predicted molar refractivity (Wildman–Crippen MR) is 77.6 cm³/mol. The van der Waals surface area contributed by atoms with E-state index < -0.39 is 12.2 Å². The van der Waals surface area contributed by atoms with Gasteiger partial charge in [-0.1, -0.05) is 60.7 Å². The van der Waals surface area contributed by atoms with Crippen LogP contribution in [-0.4, -0.2) is 23.6 Å². The van der Waals surface area contributed by atoms with Crippen molar-refractivity contribution in [3.63, 3.8) is 0 Å². The van der Waals surface area contributed by atoms with Crippen molar-refractivity contribution in [3.05, 3.63) is 71.8 Å². The summed E-state index contributed by atoms with van der Waals surface area (Å²) < 4.78 is 5.56. The number of rotatable bonds is 6. The highest BCUT2D eigenvalue weighted by Gasteiger charge is 2.28. The van der Waals surface area contributed by atoms with E-state index in [0.717, 1.165) is 5.56 Å². The van der Waals surface area contributed by atoms with Gasteiger partial charge in [0.15, 0.2) is 5.78 Å². The number of hydrogen-bond acceptors (Lipinski definition) is 3. The molecule has 0 aliphatic rings. The average molecular weight is 270 g/mol. The van der Waals surface area contributed by atoms with Gasteiger partial charge in [0.05, 0.1) is 0 Å². The quantitative estimate of drug-likeness (QED) is 0.821. The van der Waals surface area contributed by atoms with E-state index in [0.29, 0.717) is 12.2 Å². The van der Waals surface area contributed by atoms with E-state index in [4.69, 9.17) is 4.74 Å². The molecule has 2 aromatic rings. The molecular formula is C17H18O3. The van der Waals surface area contributed by atoms with Crippen LogP contribution in [0.5, 0.6) is 0 Å². The molecule has 2 atom stereocenters. The SMILES string of the molecule is CCO[C@@H](c1ccccc1)[C@@H](O)C(=O)c1ccccc1. The third kappa shape index (κ3) is 3.32. The van der Waals surface area contributed by atoms with Gasteiger partial charge in [-0.3, -0.25) is 4.79 Å². The average Bonchev–Trinajstić information content (AvgIpc) is 2.53. The first-order valence-electron chi connectivity index (χ1n) is 6.68. The lowest BCUT2D eigenvalue weighted by molar-refractivity contribution is -0.0231. The molecule has 0 aliphatic carbocycles. The zero-order valence-corrected chi connectivity index (χ0v) is 11.4. The number of ether oxygens (including phenoxy) is 1. The summed E-state index contributed by atoms with van der Waals surface area (Å²) in [5.74, 6) is -0.326. The molecule has 0 aliphatic heterocycles. The van der Waals surface area contributed by atoms with Crippen LogP contribution in [0.25, 0.3) is 0 Å². The number of carbonyl (C=O) groups is 1. The van der Waals surface area contributed by atoms with E-state index in [2.05, 4.69) is 0 Å². The highest BCUT2D eigenvalue weighted by molar-refractivity contribution is 5.99. The lowest BCUT2D eigenvalue weighted by atomic mass is 9.97. The van der Waals surface area contributed by atoms with Crippen LogP contribution in [-0.2, 0) is 4.74 Å². The third-order valence-corrected chi connectivity index (χ3v) is 3.09. The van der Waals surface area contributed by atoms with E-state index in [1.165, 1.54) is 0 Å². The second-order valence-corrected chi connectivity index (χ2v) is 4.46. The fourth-order valence-electron chi connectivity index (χ4n) is 2.10. The Hall–Kier alpha value is -1.97. The second kappa shape index (κ2) is 6.98. The number of aliphatic hydroxyl groups excluding tert-OH is 1. The van der Waals surface area contributed by atoms with Crippen molar-refractivity contribution in [1.29, 1.82) is 0 Å². The topological polar surface area (TPSA) is 46.5 Å². The van der Waals surface area contributed by atoms with E-state index >= 15 is 0 Å². The van der Waals surface area contributed by atoms with Crippen LogP contribution in [0.2, 0.25) is 0 Å². The van der Waals surface area contributed by atoms with Crippen molar-refractivity contribution in [1.82, 2.24) is 0 Å². The van der Waals surface area contributed by atoms with Crippen LogP contribution < -0.4 is 0 Å². The van der Waals surface area contributed by atoms with Crippen LogP contribution in [0.4, 0.5) is 0 Å². The molecule has 0 bridgehead atoms. The Morgan fingerprint density at radius 3 is 2.15 bits per heavy atom. The van der Waals surface area contributed by atoms with Gasteiger partial charge >= 0.3 is 0 Å². The summed E-state index contributed by atoms with van der Waals surface area (Å²) in [6.07, 6.45) is -1.85. The molecule has 0 amide bonds. The summed E-state index contributed by atoms with van der Waals surface area (Å²) in [6.45, 7) is 2.27. The summed E-state index contributed by atoms with van der Waals surface area (Å²) in [7, 11) is 0. The minimum Gasteiger partial charge on any atom is -0.382 e. The lowest BCUT2D eigenvalue weighted by Crippen LogP contribution is -2.30. The Morgan fingerprint density at radius 2 is 1.60 bits per heavy atom. The molecule has 0 saturated carbocycles. The normalized spacial score (nSPS) is 13.7. The first-order chi connectivity index (χ1) is 9.74. The number of aliphatic hydroxyl groups is 1. The standard InChI is InChI=1S/C17H18O3/c1-2-20-17(14-11-7-4-8-12-14)16(19)15(18)13-9-5-3-6-10-13/h3-12,16-17,19H,2H2,1H3/t16-,17-/m0/s1. The van der Waals surface area contributed by atoms with E-state index in [1.54, 1.807) is 24.3 Å². The van der Waals surface area contributed by atoms with Crippen molar-refractivity contribution < 1.29 is 14.6 Å². The number of benzene rings is 2. The van der Waals surface area contributed by atoms with Gasteiger partial charge in [0.2, 0.25) is 0 Å². The van der Waals surface area contributed by atoms with E-state index in [-0.39, 0.29) is 5.78 Å². The molecule has 0 heterocycles. The summed E-state index contributed by atoms with van der Waals surface area (Å²) >= 11 is 0. The van der Waals surface area contributed by atoms with Crippen LogP contribution >= 0.6 is 0 Å². The van der Waals surface area contributed by atoms with E-state index in [9.17, 15) is 9.90 Å². The number of Topliss-reactive ketones (excluding diaryl/α,β-unsaturated/α-hetero) is 1. The maximum absolute atomic E-state index is 12.3. The van der Waals surface area contributed by atoms with Crippen molar-refractivity contribution in [2.24, 2.45) is 0 Å². The molecule has 20 heavy (non-hydrogen) atoms. The summed E-state index contributed by atoms with van der Waals surface area (Å²) in [4.78, 5) is 12.3. The molecule has 0 unspecified atom stereocenters. The third-order valence-electron chi connectivity index (χ3n) is 3.09. The van der Waals surface area contributed by atoms with E-state index in [1.807, 2.05) is 43.3 Å². The van der Waals surface area contributed by atoms with Gasteiger partial charge in [0.25, 0.3) is 0 Å². The highest BCUT2D eigenvalue weighted by atomic mass is 16.5. The van der Waals surface area contributed by atoms with Gasteiger partial charge in [-0.25, -0.2) is 0 Å². The first kappa shape index (κ1) is 14.4. The molecule has 2 rings (SSSR count). The number of ketones is 1. The summed E-state index contributed by atoms with van der Waals surface area (Å²) in [6, 6.07) is 18.1. The van der Waals surface area contributed by atoms with Crippen LogP contribution in [0.3, 0.4) is 0 Å². The fraction of sp³-hybridized carbons (Fsp3) is 0.235. The van der Waals surface area contributed by atoms with Crippen LogP contribution in [0, 0.1) is 0 Å². The number of carbonyl (C=O) groups excluding carboxylic acids is 1. The molecule has 3 heteroatoms. The molecule has 0 spiro atoms. The van der Waals surface area contributed by atoms with Gasteiger partial charge < -0.3 is 9.84 Å². The minimum atomic E-state index is -1.21. The molecular weight excluding hydrogens is 252 g/mol. The zero-order valence-electron chi connectivity index (χ0n) is 11.4. The molecule has 3 nitrogen and oxygen atoms in total. The fourth-order valence-corrected chi connectivity index (χ4v) is 2.10. The van der Waals surface area contributed by atoms with Crippen LogP contribution in [0.15, 0.2) is 60.7 Å². The van der Waals surface area contributed by atoms with Crippen molar-refractivity contribution in [2.45, 2.75) is 19.1 Å². The Balaban J connectivity index is 2.23. The highest BCUT2D eigenvalue weighted by Crippen LogP contribution is 2.23. The molecule has 0 radical (unpaired) electrons. The predicted octanol–water partition coefficient (Wildman–Crippen LogP) is 3.01. The maximum atomic E-state index is 12.3. The van der Waals surface area contributed by atoms with Crippen LogP contribution in [0.1, 0.15) is 28.9 Å². The smallest absolute Gasteiger partial charge is 0.194 e. The summed E-state index contributed by atoms with van der Waals surface area (Å²) in [5.41, 5.74) is 1.28. The minimum absolute atomic E-state index is 0.326. The Bertz CT molecular complexity index is 537. The summed E-state index contributed by atoms with van der Waals surface area (Å²) in [5, 5.41) is 10.3. The first-order valence-corrected chi connectivity index (χ1v) is 6.68. The van der Waals surface area contributed by atoms with Gasteiger partial charge in [-0.2, -0.15) is 0 Å². The van der Waals surface area contributed by atoms with Crippen molar-refractivity contribution >= 4 is 5.78 Å². The van der Waals surface area contributed by atoms with Gasteiger partial charge in [0.1, 0.15) is 12.2 Å². The molecule has 0 aromatic heterocycles. The largest absolute Gasteiger partial charge is 0.382 e. The molecule has 0 fully saturated rings. The lowest BCUT2D eigenvalue weighted by Gasteiger charge is -2.22.